The van der Waals surface area contributed by atoms with E-state index in [0.717, 1.165) is 31.2 Å². The molecular weight excluding hydrogens is 316 g/mol. The van der Waals surface area contributed by atoms with Crippen LogP contribution in [0.25, 0.3) is 0 Å². The van der Waals surface area contributed by atoms with Gasteiger partial charge in [0, 0.05) is 11.7 Å². The highest BCUT2D eigenvalue weighted by Gasteiger charge is 2.60. The maximum atomic E-state index is 4.02. The quantitative estimate of drug-likeness (QED) is 0.686. The van der Waals surface area contributed by atoms with Crippen LogP contribution in [0.3, 0.4) is 0 Å². The third-order valence-electron chi connectivity index (χ3n) is 7.45. The van der Waals surface area contributed by atoms with Crippen molar-refractivity contribution in [3.05, 3.63) is 41.0 Å². The van der Waals surface area contributed by atoms with Crippen LogP contribution in [0.15, 0.2) is 29.8 Å². The third-order valence-corrected chi connectivity index (χ3v) is 7.45. The van der Waals surface area contributed by atoms with E-state index in [2.05, 4.69) is 55.7 Å². The Balaban J connectivity index is 1.66. The van der Waals surface area contributed by atoms with Gasteiger partial charge in [-0.2, -0.15) is 0 Å². The Kier molecular flexibility index (Phi) is 5.14. The molecule has 4 atom stereocenters. The lowest BCUT2D eigenvalue weighted by molar-refractivity contribution is 0.0629. The summed E-state index contributed by atoms with van der Waals surface area (Å²) in [7, 11) is 0. The molecule has 0 aromatic heterocycles. The fourth-order valence-electron chi connectivity index (χ4n) is 6.19. The Morgan fingerprint density at radius 3 is 2.58 bits per heavy atom. The molecule has 2 nitrogen and oxygen atoms in total. The lowest BCUT2D eigenvalue weighted by Gasteiger charge is -2.62. The predicted molar refractivity (Wildman–Crippen MR) is 112 cm³/mol. The lowest BCUT2D eigenvalue weighted by atomic mass is 9.50. The SMILES string of the molecule is CCc1cccc(CC)c1NC(C)C12NCCC=C1C1CCCCCC12. The summed E-state index contributed by atoms with van der Waals surface area (Å²) < 4.78 is 0. The smallest absolute Gasteiger partial charge is 0.0632 e. The Bertz CT molecular complexity index is 655. The molecule has 2 heteroatoms. The standard InChI is InChI=1S/C24H36N2/c1-4-18-11-9-12-19(5-2)23(18)26-17(3)24-21-14-8-6-7-13-20(21)22(24)15-10-16-25-24/h9,11-12,15,17,20-21,25-26H,4-8,10,13-14,16H2,1-3H3. The summed E-state index contributed by atoms with van der Waals surface area (Å²) in [6, 6.07) is 7.25. The number of hydrogen-bond donors (Lipinski definition) is 2. The van der Waals surface area contributed by atoms with E-state index in [9.17, 15) is 0 Å². The first-order valence-corrected chi connectivity index (χ1v) is 11.0. The van der Waals surface area contributed by atoms with Crippen LogP contribution >= 0.6 is 0 Å². The van der Waals surface area contributed by atoms with E-state index in [1.807, 2.05) is 0 Å². The van der Waals surface area contributed by atoms with Gasteiger partial charge >= 0.3 is 0 Å². The molecular formula is C24H36N2. The summed E-state index contributed by atoms with van der Waals surface area (Å²) in [5.74, 6) is 1.67. The van der Waals surface area contributed by atoms with Crippen molar-refractivity contribution in [3.8, 4) is 0 Å². The van der Waals surface area contributed by atoms with Gasteiger partial charge in [0.2, 0.25) is 0 Å². The first-order chi connectivity index (χ1) is 12.7. The Morgan fingerprint density at radius 2 is 1.85 bits per heavy atom. The van der Waals surface area contributed by atoms with Gasteiger partial charge in [-0.05, 0) is 74.1 Å². The van der Waals surface area contributed by atoms with Crippen LogP contribution in [0, 0.1) is 11.8 Å². The Morgan fingerprint density at radius 1 is 1.12 bits per heavy atom. The zero-order chi connectivity index (χ0) is 18.1. The van der Waals surface area contributed by atoms with Crippen molar-refractivity contribution < 1.29 is 0 Å². The van der Waals surface area contributed by atoms with Crippen molar-refractivity contribution in [2.75, 3.05) is 11.9 Å². The minimum absolute atomic E-state index is 0.194. The van der Waals surface area contributed by atoms with Gasteiger partial charge in [0.05, 0.1) is 5.54 Å². The van der Waals surface area contributed by atoms with Crippen molar-refractivity contribution >= 4 is 5.69 Å². The van der Waals surface area contributed by atoms with Crippen LogP contribution < -0.4 is 10.6 Å². The molecule has 1 aromatic carbocycles. The molecule has 1 aromatic rings. The molecule has 2 N–H and O–H groups in total. The Hall–Kier alpha value is -1.28. The molecule has 4 unspecified atom stereocenters. The minimum atomic E-state index is 0.194. The highest BCUT2D eigenvalue weighted by molar-refractivity contribution is 5.60. The van der Waals surface area contributed by atoms with Gasteiger partial charge in [0.25, 0.3) is 0 Å². The van der Waals surface area contributed by atoms with Crippen LogP contribution in [0.1, 0.15) is 70.4 Å². The number of aryl methyl sites for hydroxylation is 2. The van der Waals surface area contributed by atoms with Gasteiger partial charge in [-0.1, -0.05) is 57.4 Å². The monoisotopic (exact) mass is 352 g/mol. The number of hydrogen-bond acceptors (Lipinski definition) is 2. The average Bonchev–Trinajstić information content (AvgIpc) is 2.89. The van der Waals surface area contributed by atoms with Crippen molar-refractivity contribution in [2.45, 2.75) is 83.7 Å². The molecule has 26 heavy (non-hydrogen) atoms. The molecule has 142 valence electrons. The van der Waals surface area contributed by atoms with Gasteiger partial charge < -0.3 is 10.6 Å². The summed E-state index contributed by atoms with van der Waals surface area (Å²) in [5, 5.41) is 8.05. The number of nitrogens with one attached hydrogen (secondary N) is 2. The summed E-state index contributed by atoms with van der Waals surface area (Å²) in [6.07, 6.45) is 13.1. The van der Waals surface area contributed by atoms with Crippen molar-refractivity contribution in [2.24, 2.45) is 11.8 Å². The molecule has 4 rings (SSSR count). The summed E-state index contributed by atoms with van der Waals surface area (Å²) in [6.45, 7) is 8.11. The van der Waals surface area contributed by atoms with Crippen molar-refractivity contribution in [3.63, 3.8) is 0 Å². The second-order valence-electron chi connectivity index (χ2n) is 8.62. The van der Waals surface area contributed by atoms with Gasteiger partial charge in [-0.3, -0.25) is 0 Å². The maximum Gasteiger partial charge on any atom is 0.0632 e. The number of rotatable bonds is 5. The van der Waals surface area contributed by atoms with Gasteiger partial charge in [0.15, 0.2) is 0 Å². The molecule has 1 heterocycles. The number of benzene rings is 1. The molecule has 3 aliphatic rings. The number of fused-ring (bicyclic) bond motifs is 4. The highest BCUT2D eigenvalue weighted by atomic mass is 15.1. The zero-order valence-corrected chi connectivity index (χ0v) is 16.9. The van der Waals surface area contributed by atoms with E-state index >= 15 is 0 Å². The summed E-state index contributed by atoms with van der Waals surface area (Å²) >= 11 is 0. The van der Waals surface area contributed by atoms with Crippen LogP contribution in [-0.4, -0.2) is 18.1 Å². The Labute approximate surface area is 159 Å². The molecule has 0 radical (unpaired) electrons. The van der Waals surface area contributed by atoms with Gasteiger partial charge in [-0.15, -0.1) is 0 Å². The fraction of sp³-hybridized carbons (Fsp3) is 0.667. The number of anilines is 1. The molecule has 0 bridgehead atoms. The topological polar surface area (TPSA) is 24.1 Å². The van der Waals surface area contributed by atoms with E-state index in [1.165, 1.54) is 55.3 Å². The molecule has 2 saturated carbocycles. The largest absolute Gasteiger partial charge is 0.380 e. The van der Waals surface area contributed by atoms with Gasteiger partial charge in [-0.25, -0.2) is 0 Å². The van der Waals surface area contributed by atoms with E-state index in [-0.39, 0.29) is 5.54 Å². The molecule has 1 aliphatic heterocycles. The van der Waals surface area contributed by atoms with E-state index in [1.54, 1.807) is 5.57 Å². The first kappa shape index (κ1) is 18.1. The number of para-hydroxylation sites is 1. The minimum Gasteiger partial charge on any atom is -0.380 e. The second kappa shape index (κ2) is 7.38. The van der Waals surface area contributed by atoms with Crippen LogP contribution in [0.2, 0.25) is 0 Å². The van der Waals surface area contributed by atoms with Gasteiger partial charge in [0.1, 0.15) is 0 Å². The van der Waals surface area contributed by atoms with E-state index in [0.29, 0.717) is 6.04 Å². The van der Waals surface area contributed by atoms with Crippen LogP contribution in [-0.2, 0) is 12.8 Å². The molecule has 0 spiro atoms. The molecule has 0 saturated heterocycles. The van der Waals surface area contributed by atoms with Crippen LogP contribution in [0.5, 0.6) is 0 Å². The predicted octanol–water partition coefficient (Wildman–Crippen LogP) is 5.48. The average molecular weight is 353 g/mol. The normalized spacial score (nSPS) is 31.7. The summed E-state index contributed by atoms with van der Waals surface area (Å²) in [4.78, 5) is 0. The van der Waals surface area contributed by atoms with E-state index in [4.69, 9.17) is 0 Å². The fourth-order valence-corrected chi connectivity index (χ4v) is 6.19. The van der Waals surface area contributed by atoms with Crippen LogP contribution in [0.4, 0.5) is 5.69 Å². The molecule has 0 amide bonds. The first-order valence-electron chi connectivity index (χ1n) is 11.0. The van der Waals surface area contributed by atoms with Crippen molar-refractivity contribution in [1.82, 2.24) is 5.32 Å². The molecule has 2 aliphatic carbocycles. The maximum absolute atomic E-state index is 4.02. The van der Waals surface area contributed by atoms with Crippen molar-refractivity contribution in [1.29, 1.82) is 0 Å². The molecule has 2 fully saturated rings. The van der Waals surface area contributed by atoms with E-state index < -0.39 is 0 Å². The zero-order valence-electron chi connectivity index (χ0n) is 16.9. The highest BCUT2D eigenvalue weighted by Crippen LogP contribution is 2.57. The summed E-state index contributed by atoms with van der Waals surface area (Å²) in [5.41, 5.74) is 6.27. The lowest BCUT2D eigenvalue weighted by Crippen LogP contribution is -2.72. The third kappa shape index (κ3) is 2.72. The second-order valence-corrected chi connectivity index (χ2v) is 8.62.